The smallest absolute Gasteiger partial charge is 0.407 e. The summed E-state index contributed by atoms with van der Waals surface area (Å²) in [6, 6.07) is 0.532. The van der Waals surface area contributed by atoms with Crippen LogP contribution in [0.2, 0.25) is 0 Å². The number of ether oxygens (including phenoxy) is 1. The van der Waals surface area contributed by atoms with Crippen molar-refractivity contribution in [2.24, 2.45) is 17.6 Å². The number of alkyl carbamates (subject to hydrolysis) is 1. The summed E-state index contributed by atoms with van der Waals surface area (Å²) < 4.78 is 5.21. The topological polar surface area (TPSA) is 64.3 Å². The van der Waals surface area contributed by atoms with Gasteiger partial charge in [0.25, 0.3) is 0 Å². The first kappa shape index (κ1) is 10.7. The van der Waals surface area contributed by atoms with Crippen molar-refractivity contribution in [3.63, 3.8) is 0 Å². The highest BCUT2D eigenvalue weighted by molar-refractivity contribution is 5.68. The molecule has 4 atom stereocenters. The number of fused-ring (bicyclic) bond motifs is 1. The van der Waals surface area contributed by atoms with Gasteiger partial charge in [-0.3, -0.25) is 0 Å². The number of hydrogen-bond donors (Lipinski definition) is 2. The van der Waals surface area contributed by atoms with Gasteiger partial charge in [0.1, 0.15) is 5.60 Å². The van der Waals surface area contributed by atoms with Crippen LogP contribution < -0.4 is 11.1 Å². The lowest BCUT2D eigenvalue weighted by Gasteiger charge is -2.33. The highest BCUT2D eigenvalue weighted by atomic mass is 16.6. The van der Waals surface area contributed by atoms with Crippen LogP contribution in [-0.2, 0) is 4.74 Å². The molecule has 0 spiro atoms. The van der Waals surface area contributed by atoms with Gasteiger partial charge in [-0.05, 0) is 45.4 Å². The summed E-state index contributed by atoms with van der Waals surface area (Å²) in [5.41, 5.74) is 5.51. The van der Waals surface area contributed by atoms with Crippen LogP contribution in [0.5, 0.6) is 0 Å². The van der Waals surface area contributed by atoms with E-state index in [-0.39, 0.29) is 12.1 Å². The van der Waals surface area contributed by atoms with E-state index in [9.17, 15) is 4.79 Å². The fraction of sp³-hybridized carbons (Fsp3) is 0.909. The number of carbonyl (C=O) groups excluding carboxylic acids is 1. The molecule has 86 valence electrons. The molecule has 3 N–H and O–H groups in total. The lowest BCUT2D eigenvalue weighted by atomic mass is 9.78. The molecule has 3 aliphatic carbocycles. The molecule has 0 radical (unpaired) electrons. The molecule has 1 amide bonds. The van der Waals surface area contributed by atoms with Crippen LogP contribution in [-0.4, -0.2) is 23.8 Å². The normalized spacial score (nSPS) is 38.4. The molecule has 15 heavy (non-hydrogen) atoms. The van der Waals surface area contributed by atoms with Gasteiger partial charge in [-0.2, -0.15) is 0 Å². The molecule has 4 nitrogen and oxygen atoms in total. The van der Waals surface area contributed by atoms with Gasteiger partial charge in [0.15, 0.2) is 0 Å². The predicted molar refractivity (Wildman–Crippen MR) is 57.3 cm³/mol. The first-order valence-electron chi connectivity index (χ1n) is 5.62. The first-order valence-corrected chi connectivity index (χ1v) is 5.62. The Hall–Kier alpha value is -0.770. The Balaban J connectivity index is 1.81. The van der Waals surface area contributed by atoms with E-state index in [1.807, 2.05) is 20.8 Å². The van der Waals surface area contributed by atoms with Gasteiger partial charge >= 0.3 is 6.09 Å². The molecule has 3 aliphatic rings. The lowest BCUT2D eigenvalue weighted by Crippen LogP contribution is -2.48. The van der Waals surface area contributed by atoms with E-state index in [2.05, 4.69) is 5.32 Å². The molecule has 0 heterocycles. The van der Waals surface area contributed by atoms with Crippen LogP contribution >= 0.6 is 0 Å². The summed E-state index contributed by atoms with van der Waals surface area (Å²) in [5, 5.41) is 2.92. The summed E-state index contributed by atoms with van der Waals surface area (Å²) in [4.78, 5) is 11.5. The zero-order valence-corrected chi connectivity index (χ0v) is 9.62. The van der Waals surface area contributed by atoms with Crippen molar-refractivity contribution in [1.82, 2.24) is 5.32 Å². The van der Waals surface area contributed by atoms with Gasteiger partial charge in [0, 0.05) is 12.1 Å². The quantitative estimate of drug-likeness (QED) is 0.687. The zero-order valence-electron chi connectivity index (χ0n) is 9.62. The Kier molecular flexibility index (Phi) is 2.41. The molecular formula is C11H20N2O2. The average molecular weight is 212 g/mol. The van der Waals surface area contributed by atoms with Gasteiger partial charge < -0.3 is 15.8 Å². The number of amides is 1. The number of nitrogens with two attached hydrogens (primary N) is 1. The predicted octanol–water partition coefficient (Wildman–Crippen LogP) is 1.25. The maximum atomic E-state index is 11.5. The lowest BCUT2D eigenvalue weighted by molar-refractivity contribution is 0.0492. The Labute approximate surface area is 90.5 Å². The van der Waals surface area contributed by atoms with Gasteiger partial charge in [-0.1, -0.05) is 0 Å². The maximum absolute atomic E-state index is 11.5. The number of nitrogens with one attached hydrogen (secondary N) is 1. The summed E-state index contributed by atoms with van der Waals surface area (Å²) in [5.74, 6) is 1.09. The van der Waals surface area contributed by atoms with Crippen LogP contribution in [0.3, 0.4) is 0 Å². The van der Waals surface area contributed by atoms with E-state index >= 15 is 0 Å². The molecule has 0 aliphatic heterocycles. The van der Waals surface area contributed by atoms with Crippen molar-refractivity contribution in [2.45, 2.75) is 51.3 Å². The summed E-state index contributed by atoms with van der Waals surface area (Å²) in [6.45, 7) is 5.60. The highest BCUT2D eigenvalue weighted by Crippen LogP contribution is 2.47. The molecule has 0 aromatic heterocycles. The van der Waals surface area contributed by atoms with Crippen molar-refractivity contribution in [2.75, 3.05) is 0 Å². The minimum atomic E-state index is -0.423. The molecule has 4 heteroatoms. The van der Waals surface area contributed by atoms with Crippen molar-refractivity contribution in [1.29, 1.82) is 0 Å². The number of rotatable bonds is 1. The fourth-order valence-corrected chi connectivity index (χ4v) is 2.63. The number of hydrogen-bond acceptors (Lipinski definition) is 3. The van der Waals surface area contributed by atoms with Crippen LogP contribution in [0.1, 0.15) is 33.6 Å². The SMILES string of the molecule is CC(C)(C)OC(=O)NC1CC2CC1C2N. The molecule has 3 fully saturated rings. The van der Waals surface area contributed by atoms with Crippen molar-refractivity contribution < 1.29 is 9.53 Å². The first-order chi connectivity index (χ1) is 6.87. The second-order valence-electron chi connectivity index (χ2n) is 5.73. The Morgan fingerprint density at radius 1 is 1.40 bits per heavy atom. The maximum Gasteiger partial charge on any atom is 0.407 e. The molecule has 0 saturated heterocycles. The highest BCUT2D eigenvalue weighted by Gasteiger charge is 2.51. The molecule has 4 unspecified atom stereocenters. The molecule has 0 aromatic rings. The summed E-state index contributed by atoms with van der Waals surface area (Å²) in [6.07, 6.45) is 1.87. The van der Waals surface area contributed by atoms with Crippen LogP contribution in [0.25, 0.3) is 0 Å². The Morgan fingerprint density at radius 2 is 2.07 bits per heavy atom. The largest absolute Gasteiger partial charge is 0.444 e. The Bertz CT molecular complexity index is 272. The second kappa shape index (κ2) is 3.37. The van der Waals surface area contributed by atoms with Crippen molar-refractivity contribution in [3.8, 4) is 0 Å². The van der Waals surface area contributed by atoms with E-state index in [0.717, 1.165) is 6.42 Å². The molecule has 3 rings (SSSR count). The molecule has 0 aromatic carbocycles. The monoisotopic (exact) mass is 212 g/mol. The minimum absolute atomic E-state index is 0.236. The van der Waals surface area contributed by atoms with E-state index in [1.54, 1.807) is 0 Å². The van der Waals surface area contributed by atoms with Crippen molar-refractivity contribution in [3.05, 3.63) is 0 Å². The van der Waals surface area contributed by atoms with Gasteiger partial charge in [-0.15, -0.1) is 0 Å². The fourth-order valence-electron chi connectivity index (χ4n) is 2.63. The second-order valence-corrected chi connectivity index (χ2v) is 5.73. The van der Waals surface area contributed by atoms with E-state index in [4.69, 9.17) is 10.5 Å². The third-order valence-corrected chi connectivity index (χ3v) is 3.39. The summed E-state index contributed by atoms with van der Waals surface area (Å²) >= 11 is 0. The third-order valence-electron chi connectivity index (χ3n) is 3.39. The van der Waals surface area contributed by atoms with E-state index < -0.39 is 5.60 Å². The van der Waals surface area contributed by atoms with Crippen molar-refractivity contribution >= 4 is 6.09 Å². The molecular weight excluding hydrogens is 192 g/mol. The van der Waals surface area contributed by atoms with Crippen LogP contribution in [0.15, 0.2) is 0 Å². The van der Waals surface area contributed by atoms with Gasteiger partial charge in [0.05, 0.1) is 0 Å². The van der Waals surface area contributed by atoms with E-state index in [0.29, 0.717) is 17.9 Å². The summed E-state index contributed by atoms with van der Waals surface area (Å²) in [7, 11) is 0. The van der Waals surface area contributed by atoms with Crippen LogP contribution in [0, 0.1) is 11.8 Å². The van der Waals surface area contributed by atoms with Crippen LogP contribution in [0.4, 0.5) is 4.79 Å². The molecule has 3 saturated carbocycles. The number of carbonyl (C=O) groups is 1. The third kappa shape index (κ3) is 2.09. The average Bonchev–Trinajstić information content (AvgIpc) is 2.56. The van der Waals surface area contributed by atoms with Gasteiger partial charge in [0.2, 0.25) is 0 Å². The van der Waals surface area contributed by atoms with Gasteiger partial charge in [-0.25, -0.2) is 4.79 Å². The minimum Gasteiger partial charge on any atom is -0.444 e. The Morgan fingerprint density at radius 3 is 2.47 bits per heavy atom. The zero-order chi connectivity index (χ0) is 11.2. The standard InChI is InChI=1S/C11H20N2O2/c1-11(2,3)15-10(14)13-8-5-6-4-7(8)9(6)12/h6-9H,4-5,12H2,1-3H3,(H,13,14). The van der Waals surface area contributed by atoms with E-state index in [1.165, 1.54) is 6.42 Å². The molecule has 2 bridgehead atoms.